The molecule has 0 aliphatic carbocycles. The summed E-state index contributed by atoms with van der Waals surface area (Å²) < 4.78 is 0. The van der Waals surface area contributed by atoms with Gasteiger partial charge in [-0.15, -0.1) is 0 Å². The van der Waals surface area contributed by atoms with Crippen molar-refractivity contribution in [3.8, 4) is 5.75 Å². The summed E-state index contributed by atoms with van der Waals surface area (Å²) in [6, 6.07) is 31.5. The fourth-order valence-electron chi connectivity index (χ4n) is 4.57. The van der Waals surface area contributed by atoms with Gasteiger partial charge < -0.3 is 5.11 Å². The lowest BCUT2D eigenvalue weighted by Gasteiger charge is -2.15. The maximum Gasteiger partial charge on any atom is 0.124 e. The van der Waals surface area contributed by atoms with Crippen LogP contribution in [-0.2, 0) is 0 Å². The number of aromatic hydroxyl groups is 1. The molecule has 0 unspecified atom stereocenters. The van der Waals surface area contributed by atoms with Crippen molar-refractivity contribution in [3.05, 3.63) is 91.0 Å². The summed E-state index contributed by atoms with van der Waals surface area (Å²) >= 11 is 0. The van der Waals surface area contributed by atoms with Crippen LogP contribution in [0, 0.1) is 0 Å². The maximum atomic E-state index is 11.0. The predicted octanol–water partition coefficient (Wildman–Crippen LogP) is 7.16. The van der Waals surface area contributed by atoms with Crippen LogP contribution in [0.5, 0.6) is 5.75 Å². The minimum absolute atomic E-state index is 0.342. The zero-order chi connectivity index (χ0) is 18.0. The third-order valence-corrected chi connectivity index (χ3v) is 5.69. The molecule has 0 saturated carbocycles. The van der Waals surface area contributed by atoms with Crippen LogP contribution in [-0.4, -0.2) is 5.11 Å². The number of phenolic OH excluding ortho intramolecular Hbond substituents is 1. The molecule has 1 nitrogen and oxygen atoms in total. The molecule has 6 aromatic carbocycles. The number of phenols is 1. The van der Waals surface area contributed by atoms with Gasteiger partial charge in [0.05, 0.1) is 0 Å². The summed E-state index contributed by atoms with van der Waals surface area (Å²) in [4.78, 5) is 0. The van der Waals surface area contributed by atoms with Gasteiger partial charge in [0.15, 0.2) is 0 Å². The summed E-state index contributed by atoms with van der Waals surface area (Å²) in [6.45, 7) is 0. The normalized spacial score (nSPS) is 11.9. The highest BCUT2D eigenvalue weighted by atomic mass is 16.3. The van der Waals surface area contributed by atoms with Crippen molar-refractivity contribution in [1.29, 1.82) is 0 Å². The van der Waals surface area contributed by atoms with Crippen LogP contribution < -0.4 is 0 Å². The third-order valence-electron chi connectivity index (χ3n) is 5.69. The first-order chi connectivity index (χ1) is 13.3. The standard InChI is InChI=1S/C26H16O/c27-23-15-17-14-13-16-7-1-2-8-18(16)24(17)26-22-12-6-4-10-20(22)19-9-3-5-11-21(19)25(23)26/h1-15,27H. The van der Waals surface area contributed by atoms with Crippen LogP contribution in [0.3, 0.4) is 0 Å². The van der Waals surface area contributed by atoms with Gasteiger partial charge >= 0.3 is 0 Å². The van der Waals surface area contributed by atoms with Crippen molar-refractivity contribution in [1.82, 2.24) is 0 Å². The van der Waals surface area contributed by atoms with Crippen LogP contribution in [0.25, 0.3) is 53.9 Å². The minimum atomic E-state index is 0.342. The Morgan fingerprint density at radius 2 is 0.926 bits per heavy atom. The van der Waals surface area contributed by atoms with Crippen molar-refractivity contribution in [2.24, 2.45) is 0 Å². The number of hydrogen-bond donors (Lipinski definition) is 1. The molecule has 0 bridgehead atoms. The van der Waals surface area contributed by atoms with E-state index in [2.05, 4.69) is 78.9 Å². The van der Waals surface area contributed by atoms with E-state index in [9.17, 15) is 5.11 Å². The number of benzene rings is 6. The summed E-state index contributed by atoms with van der Waals surface area (Å²) in [6.07, 6.45) is 0. The molecule has 0 spiro atoms. The molecule has 0 heterocycles. The Kier molecular flexibility index (Phi) is 2.81. The van der Waals surface area contributed by atoms with Crippen LogP contribution in [0.15, 0.2) is 91.0 Å². The highest BCUT2D eigenvalue weighted by molar-refractivity contribution is 6.36. The quantitative estimate of drug-likeness (QED) is 0.290. The smallest absolute Gasteiger partial charge is 0.124 e. The Morgan fingerprint density at radius 3 is 1.63 bits per heavy atom. The third kappa shape index (κ3) is 1.89. The average Bonchev–Trinajstić information content (AvgIpc) is 2.73. The van der Waals surface area contributed by atoms with Gasteiger partial charge in [-0.25, -0.2) is 0 Å². The Morgan fingerprint density at radius 1 is 0.407 bits per heavy atom. The first-order valence-electron chi connectivity index (χ1n) is 9.19. The number of hydrogen-bond acceptors (Lipinski definition) is 1. The Balaban J connectivity index is 2.09. The Hall–Kier alpha value is -3.58. The molecule has 126 valence electrons. The largest absolute Gasteiger partial charge is 0.507 e. The summed E-state index contributed by atoms with van der Waals surface area (Å²) in [7, 11) is 0. The van der Waals surface area contributed by atoms with Gasteiger partial charge in [-0.2, -0.15) is 0 Å². The predicted molar refractivity (Wildman–Crippen MR) is 116 cm³/mol. The van der Waals surface area contributed by atoms with Crippen LogP contribution >= 0.6 is 0 Å². The SMILES string of the molecule is Oc1cc2ccc3ccccc3c2c2c3ccccc3c3ccccc3c12. The molecule has 0 saturated heterocycles. The second-order valence-electron chi connectivity index (χ2n) is 7.12. The molecule has 27 heavy (non-hydrogen) atoms. The molecule has 6 rings (SSSR count). The molecule has 0 aliphatic rings. The molecular weight excluding hydrogens is 328 g/mol. The lowest BCUT2D eigenvalue weighted by atomic mass is 9.89. The van der Waals surface area contributed by atoms with Crippen molar-refractivity contribution in [2.45, 2.75) is 0 Å². The minimum Gasteiger partial charge on any atom is -0.507 e. The zero-order valence-corrected chi connectivity index (χ0v) is 14.6. The molecule has 1 heteroatoms. The average molecular weight is 344 g/mol. The second kappa shape index (κ2) is 5.21. The monoisotopic (exact) mass is 344 g/mol. The molecular formula is C26H16O. The topological polar surface area (TPSA) is 20.2 Å². The molecule has 0 aliphatic heterocycles. The summed E-state index contributed by atoms with van der Waals surface area (Å²) in [5.74, 6) is 0.342. The van der Waals surface area contributed by atoms with Gasteiger partial charge in [0.1, 0.15) is 5.75 Å². The van der Waals surface area contributed by atoms with Gasteiger partial charge in [-0.05, 0) is 49.2 Å². The van der Waals surface area contributed by atoms with E-state index in [1.807, 2.05) is 12.1 Å². The van der Waals surface area contributed by atoms with Crippen molar-refractivity contribution >= 4 is 53.9 Å². The Labute approximate surface area is 156 Å². The number of fused-ring (bicyclic) bond motifs is 10. The van der Waals surface area contributed by atoms with E-state index < -0.39 is 0 Å². The van der Waals surface area contributed by atoms with E-state index in [1.165, 1.54) is 32.3 Å². The number of rotatable bonds is 0. The zero-order valence-electron chi connectivity index (χ0n) is 14.6. The maximum absolute atomic E-state index is 11.0. The first kappa shape index (κ1) is 14.6. The van der Waals surface area contributed by atoms with E-state index in [0.29, 0.717) is 5.75 Å². The fraction of sp³-hybridized carbons (Fsp3) is 0. The molecule has 0 aromatic heterocycles. The lowest BCUT2D eigenvalue weighted by Crippen LogP contribution is -1.87. The lowest BCUT2D eigenvalue weighted by molar-refractivity contribution is 0.483. The molecule has 1 N–H and O–H groups in total. The van der Waals surface area contributed by atoms with Gasteiger partial charge in [-0.3, -0.25) is 0 Å². The van der Waals surface area contributed by atoms with Crippen LogP contribution in [0.1, 0.15) is 0 Å². The Bertz CT molecular complexity index is 1520. The highest BCUT2D eigenvalue weighted by Crippen LogP contribution is 2.44. The summed E-state index contributed by atoms with van der Waals surface area (Å²) in [5, 5.41) is 22.5. The summed E-state index contributed by atoms with van der Waals surface area (Å²) in [5.41, 5.74) is 0. The van der Waals surface area contributed by atoms with Crippen molar-refractivity contribution < 1.29 is 5.11 Å². The van der Waals surface area contributed by atoms with Gasteiger partial charge in [-0.1, -0.05) is 84.9 Å². The first-order valence-corrected chi connectivity index (χ1v) is 9.19. The molecule has 6 aromatic rings. The molecule has 0 radical (unpaired) electrons. The van der Waals surface area contributed by atoms with Gasteiger partial charge in [0, 0.05) is 10.8 Å². The van der Waals surface area contributed by atoms with E-state index in [-0.39, 0.29) is 0 Å². The highest BCUT2D eigenvalue weighted by Gasteiger charge is 2.15. The van der Waals surface area contributed by atoms with Crippen molar-refractivity contribution in [3.63, 3.8) is 0 Å². The molecule has 0 fully saturated rings. The van der Waals surface area contributed by atoms with Gasteiger partial charge in [0.25, 0.3) is 0 Å². The van der Waals surface area contributed by atoms with Crippen LogP contribution in [0.4, 0.5) is 0 Å². The van der Waals surface area contributed by atoms with Crippen LogP contribution in [0.2, 0.25) is 0 Å². The van der Waals surface area contributed by atoms with Crippen molar-refractivity contribution in [2.75, 3.05) is 0 Å². The van der Waals surface area contributed by atoms with E-state index >= 15 is 0 Å². The molecule has 0 amide bonds. The van der Waals surface area contributed by atoms with E-state index in [0.717, 1.165) is 21.5 Å². The van der Waals surface area contributed by atoms with E-state index in [1.54, 1.807) is 0 Å². The fourth-order valence-corrected chi connectivity index (χ4v) is 4.57. The van der Waals surface area contributed by atoms with E-state index in [4.69, 9.17) is 0 Å². The molecule has 0 atom stereocenters. The second-order valence-corrected chi connectivity index (χ2v) is 7.12. The van der Waals surface area contributed by atoms with Gasteiger partial charge in [0.2, 0.25) is 0 Å².